The average molecular weight is 309 g/mol. The summed E-state index contributed by atoms with van der Waals surface area (Å²) in [6.45, 7) is 0. The van der Waals surface area contributed by atoms with Gasteiger partial charge < -0.3 is 5.32 Å². The molecule has 4 heteroatoms. The fourth-order valence-corrected chi connectivity index (χ4v) is 3.23. The Labute approximate surface area is 131 Å². The van der Waals surface area contributed by atoms with E-state index in [4.69, 9.17) is 0 Å². The van der Waals surface area contributed by atoms with Gasteiger partial charge in [-0.3, -0.25) is 4.79 Å². The Morgan fingerprint density at radius 2 is 1.78 bits per heavy atom. The maximum atomic E-state index is 13.6. The number of nitrogens with one attached hydrogen (secondary N) is 1. The lowest BCUT2D eigenvalue weighted by Crippen LogP contribution is -2.23. The lowest BCUT2D eigenvalue weighted by atomic mass is 9.83. The van der Waals surface area contributed by atoms with Crippen LogP contribution < -0.4 is 5.32 Å². The van der Waals surface area contributed by atoms with E-state index in [2.05, 4.69) is 5.32 Å². The fourth-order valence-electron chi connectivity index (χ4n) is 3.23. The van der Waals surface area contributed by atoms with Gasteiger partial charge in [0.05, 0.1) is 5.69 Å². The molecule has 0 saturated heterocycles. The second-order valence-electron chi connectivity index (χ2n) is 5.73. The standard InChI is InChI=1S/C19H13F2NO/c20-16-8-6-12(9-17(16)21)15-10-18(23)22-19-13-4-2-1-3-11(13)5-7-14(15)19/h1-9,15H,10H2,(H,22,23). The van der Waals surface area contributed by atoms with Crippen LogP contribution in [-0.2, 0) is 4.79 Å². The number of fused-ring (bicyclic) bond motifs is 3. The van der Waals surface area contributed by atoms with Crippen LogP contribution in [0.25, 0.3) is 10.8 Å². The Kier molecular flexibility index (Phi) is 3.11. The smallest absolute Gasteiger partial charge is 0.225 e. The van der Waals surface area contributed by atoms with E-state index in [-0.39, 0.29) is 18.2 Å². The van der Waals surface area contributed by atoms with E-state index in [1.807, 2.05) is 36.4 Å². The van der Waals surface area contributed by atoms with E-state index in [0.717, 1.165) is 28.1 Å². The molecule has 1 aliphatic rings. The minimum atomic E-state index is -0.893. The molecule has 0 aliphatic carbocycles. The predicted octanol–water partition coefficient (Wildman–Crippen LogP) is 4.59. The van der Waals surface area contributed by atoms with Crippen LogP contribution >= 0.6 is 0 Å². The van der Waals surface area contributed by atoms with Gasteiger partial charge in [0.25, 0.3) is 0 Å². The average Bonchev–Trinajstić information content (AvgIpc) is 2.56. The Morgan fingerprint density at radius 3 is 2.61 bits per heavy atom. The SMILES string of the molecule is O=C1CC(c2ccc(F)c(F)c2)c2ccc3ccccc3c2N1. The number of hydrogen-bond acceptors (Lipinski definition) is 1. The number of amides is 1. The van der Waals surface area contributed by atoms with Gasteiger partial charge in [0.2, 0.25) is 5.91 Å². The first kappa shape index (κ1) is 13.9. The molecule has 1 atom stereocenters. The molecule has 1 N–H and O–H groups in total. The summed E-state index contributed by atoms with van der Waals surface area (Å²) in [6.07, 6.45) is 0.219. The lowest BCUT2D eigenvalue weighted by Gasteiger charge is -2.27. The van der Waals surface area contributed by atoms with Crippen molar-refractivity contribution in [3.8, 4) is 0 Å². The van der Waals surface area contributed by atoms with Crippen LogP contribution in [0.2, 0.25) is 0 Å². The first-order chi connectivity index (χ1) is 11.1. The normalized spacial score (nSPS) is 17.0. The van der Waals surface area contributed by atoms with Gasteiger partial charge in [0, 0.05) is 17.7 Å². The Morgan fingerprint density at radius 1 is 0.957 bits per heavy atom. The van der Waals surface area contributed by atoms with Crippen molar-refractivity contribution in [3.05, 3.63) is 77.4 Å². The highest BCUT2D eigenvalue weighted by molar-refractivity contribution is 6.06. The third-order valence-electron chi connectivity index (χ3n) is 4.34. The first-order valence-electron chi connectivity index (χ1n) is 7.40. The van der Waals surface area contributed by atoms with E-state index in [1.54, 1.807) is 6.07 Å². The first-order valence-corrected chi connectivity index (χ1v) is 7.40. The minimum absolute atomic E-state index is 0.122. The van der Waals surface area contributed by atoms with E-state index in [9.17, 15) is 13.6 Å². The summed E-state index contributed by atoms with van der Waals surface area (Å²) in [5.74, 6) is -2.18. The van der Waals surface area contributed by atoms with Crippen molar-refractivity contribution in [2.75, 3.05) is 5.32 Å². The van der Waals surface area contributed by atoms with Crippen LogP contribution in [0, 0.1) is 11.6 Å². The molecule has 0 fully saturated rings. The number of hydrogen-bond donors (Lipinski definition) is 1. The van der Waals surface area contributed by atoms with Crippen LogP contribution in [-0.4, -0.2) is 5.91 Å². The minimum Gasteiger partial charge on any atom is -0.325 e. The Balaban J connectivity index is 1.92. The van der Waals surface area contributed by atoms with Crippen molar-refractivity contribution in [2.24, 2.45) is 0 Å². The summed E-state index contributed by atoms with van der Waals surface area (Å²) in [6, 6.07) is 15.5. The van der Waals surface area contributed by atoms with Crippen molar-refractivity contribution < 1.29 is 13.6 Å². The number of carbonyl (C=O) groups excluding carboxylic acids is 1. The Hall–Kier alpha value is -2.75. The molecule has 1 amide bonds. The van der Waals surface area contributed by atoms with Crippen molar-refractivity contribution in [1.82, 2.24) is 0 Å². The number of halogens is 2. The van der Waals surface area contributed by atoms with Crippen LogP contribution in [0.15, 0.2) is 54.6 Å². The van der Waals surface area contributed by atoms with E-state index in [1.165, 1.54) is 6.07 Å². The van der Waals surface area contributed by atoms with E-state index < -0.39 is 11.6 Å². The van der Waals surface area contributed by atoms with Crippen molar-refractivity contribution in [2.45, 2.75) is 12.3 Å². The second-order valence-corrected chi connectivity index (χ2v) is 5.73. The molecule has 23 heavy (non-hydrogen) atoms. The molecule has 3 aromatic carbocycles. The molecule has 4 rings (SSSR count). The molecular weight excluding hydrogens is 296 g/mol. The molecule has 0 bridgehead atoms. The summed E-state index contributed by atoms with van der Waals surface area (Å²) in [7, 11) is 0. The maximum Gasteiger partial charge on any atom is 0.225 e. The van der Waals surface area contributed by atoms with Gasteiger partial charge >= 0.3 is 0 Å². The third-order valence-corrected chi connectivity index (χ3v) is 4.34. The zero-order valence-electron chi connectivity index (χ0n) is 12.1. The zero-order valence-corrected chi connectivity index (χ0v) is 12.1. The van der Waals surface area contributed by atoms with Crippen molar-refractivity contribution >= 4 is 22.4 Å². The van der Waals surface area contributed by atoms with Gasteiger partial charge in [-0.05, 0) is 28.6 Å². The fraction of sp³-hybridized carbons (Fsp3) is 0.105. The predicted molar refractivity (Wildman–Crippen MR) is 85.4 cm³/mol. The van der Waals surface area contributed by atoms with Crippen LogP contribution in [0.4, 0.5) is 14.5 Å². The molecule has 0 saturated carbocycles. The molecule has 114 valence electrons. The third kappa shape index (κ3) is 2.27. The van der Waals surface area contributed by atoms with Gasteiger partial charge in [-0.25, -0.2) is 8.78 Å². The van der Waals surface area contributed by atoms with Gasteiger partial charge in [0.15, 0.2) is 11.6 Å². The maximum absolute atomic E-state index is 13.6. The monoisotopic (exact) mass is 309 g/mol. The summed E-state index contributed by atoms with van der Waals surface area (Å²) < 4.78 is 26.8. The molecule has 0 radical (unpaired) electrons. The highest BCUT2D eigenvalue weighted by Crippen LogP contribution is 2.41. The topological polar surface area (TPSA) is 29.1 Å². The lowest BCUT2D eigenvalue weighted by molar-refractivity contribution is -0.116. The van der Waals surface area contributed by atoms with Crippen molar-refractivity contribution in [1.29, 1.82) is 0 Å². The molecule has 1 aliphatic heterocycles. The van der Waals surface area contributed by atoms with Crippen LogP contribution in [0.3, 0.4) is 0 Å². The number of anilines is 1. The van der Waals surface area contributed by atoms with Gasteiger partial charge in [-0.2, -0.15) is 0 Å². The molecular formula is C19H13F2NO. The summed E-state index contributed by atoms with van der Waals surface area (Å²) >= 11 is 0. The molecule has 1 unspecified atom stereocenters. The van der Waals surface area contributed by atoms with Gasteiger partial charge in [-0.1, -0.05) is 42.5 Å². The highest BCUT2D eigenvalue weighted by Gasteiger charge is 2.28. The highest BCUT2D eigenvalue weighted by atomic mass is 19.2. The number of rotatable bonds is 1. The molecule has 0 aromatic heterocycles. The van der Waals surface area contributed by atoms with Crippen LogP contribution in [0.5, 0.6) is 0 Å². The molecule has 0 spiro atoms. The van der Waals surface area contributed by atoms with E-state index >= 15 is 0 Å². The van der Waals surface area contributed by atoms with Gasteiger partial charge in [0.1, 0.15) is 0 Å². The van der Waals surface area contributed by atoms with Crippen LogP contribution in [0.1, 0.15) is 23.5 Å². The number of benzene rings is 3. The molecule has 3 aromatic rings. The van der Waals surface area contributed by atoms with Gasteiger partial charge in [-0.15, -0.1) is 0 Å². The Bertz CT molecular complexity index is 936. The molecule has 2 nitrogen and oxygen atoms in total. The van der Waals surface area contributed by atoms with Crippen molar-refractivity contribution in [3.63, 3.8) is 0 Å². The summed E-state index contributed by atoms with van der Waals surface area (Å²) in [5.41, 5.74) is 2.29. The summed E-state index contributed by atoms with van der Waals surface area (Å²) in [4.78, 5) is 12.1. The largest absolute Gasteiger partial charge is 0.325 e. The second kappa shape index (κ2) is 5.16. The molecule has 1 heterocycles. The quantitative estimate of drug-likeness (QED) is 0.700. The zero-order chi connectivity index (χ0) is 16.0. The summed E-state index contributed by atoms with van der Waals surface area (Å²) in [5, 5.41) is 4.90. The number of carbonyl (C=O) groups is 1. The van der Waals surface area contributed by atoms with E-state index in [0.29, 0.717) is 5.56 Å².